The van der Waals surface area contributed by atoms with Gasteiger partial charge in [0.25, 0.3) is 5.91 Å². The highest BCUT2D eigenvalue weighted by molar-refractivity contribution is 5.97. The second-order valence-corrected chi connectivity index (χ2v) is 6.65. The topological polar surface area (TPSA) is 92.9 Å². The zero-order valence-electron chi connectivity index (χ0n) is 17.0. The molecule has 30 heavy (non-hydrogen) atoms. The summed E-state index contributed by atoms with van der Waals surface area (Å²) in [5.41, 5.74) is 6.53. The fraction of sp³-hybridized carbons (Fsp3) is 0.174. The van der Waals surface area contributed by atoms with Crippen LogP contribution in [0.5, 0.6) is 5.75 Å². The number of hydrogen-bond acceptors (Lipinski definition) is 5. The molecule has 0 spiro atoms. The van der Waals surface area contributed by atoms with Crippen molar-refractivity contribution in [3.8, 4) is 11.4 Å². The van der Waals surface area contributed by atoms with E-state index >= 15 is 0 Å². The number of hydrogen-bond donors (Lipinski definition) is 2. The molecule has 2 aromatic carbocycles. The van der Waals surface area contributed by atoms with Crippen LogP contribution in [0.2, 0.25) is 0 Å². The minimum atomic E-state index is -0.500. The second-order valence-electron chi connectivity index (χ2n) is 6.65. The lowest BCUT2D eigenvalue weighted by atomic mass is 10.2. The number of aromatic nitrogens is 1. The van der Waals surface area contributed by atoms with Gasteiger partial charge in [0.1, 0.15) is 5.75 Å². The van der Waals surface area contributed by atoms with Crippen molar-refractivity contribution in [1.29, 1.82) is 0 Å². The van der Waals surface area contributed by atoms with Gasteiger partial charge in [-0.25, -0.2) is 10.2 Å². The van der Waals surface area contributed by atoms with E-state index in [9.17, 15) is 14.7 Å². The quantitative estimate of drug-likeness (QED) is 0.371. The van der Waals surface area contributed by atoms with Crippen LogP contribution >= 0.6 is 0 Å². The van der Waals surface area contributed by atoms with Gasteiger partial charge in [-0.15, -0.1) is 0 Å². The first-order chi connectivity index (χ1) is 14.4. The number of amides is 1. The number of ether oxygens (including phenoxy) is 1. The first kappa shape index (κ1) is 20.9. The number of benzene rings is 2. The fourth-order valence-electron chi connectivity index (χ4n) is 3.19. The predicted octanol–water partition coefficient (Wildman–Crippen LogP) is 3.74. The molecular weight excluding hydrogens is 382 g/mol. The highest BCUT2D eigenvalue weighted by Crippen LogP contribution is 2.21. The van der Waals surface area contributed by atoms with Gasteiger partial charge in [0.05, 0.1) is 23.9 Å². The van der Waals surface area contributed by atoms with Crippen molar-refractivity contribution >= 4 is 18.1 Å². The Labute approximate surface area is 174 Å². The number of aryl methyl sites for hydroxylation is 1. The van der Waals surface area contributed by atoms with Gasteiger partial charge in [-0.2, -0.15) is 5.10 Å². The third kappa shape index (κ3) is 4.41. The molecule has 0 radical (unpaired) electrons. The molecule has 0 unspecified atom stereocenters. The number of nitrogens with zero attached hydrogens (tertiary/aromatic N) is 2. The molecule has 2 N–H and O–H groups in total. The number of para-hydroxylation sites is 1. The Kier molecular flexibility index (Phi) is 6.32. The summed E-state index contributed by atoms with van der Waals surface area (Å²) in [4.78, 5) is 24.2. The molecule has 0 aliphatic carbocycles. The van der Waals surface area contributed by atoms with Gasteiger partial charge in [-0.1, -0.05) is 18.2 Å². The molecule has 0 atom stereocenters. The van der Waals surface area contributed by atoms with Crippen LogP contribution in [0.25, 0.3) is 5.69 Å². The standard InChI is InChI=1S/C23H23N3O4/c1-4-30-23(29)17-8-7-9-19(13-17)26-15(2)12-18(16(26)3)14-24-25-22(28)20-10-5-6-11-21(20)27/h5-14,27H,4H2,1-3H3,(H,25,28). The number of carbonyl (C=O) groups excluding carboxylic acids is 2. The van der Waals surface area contributed by atoms with Crippen molar-refractivity contribution in [2.75, 3.05) is 6.61 Å². The van der Waals surface area contributed by atoms with Crippen LogP contribution < -0.4 is 5.43 Å². The molecule has 0 bridgehead atoms. The highest BCUT2D eigenvalue weighted by Gasteiger charge is 2.13. The maximum atomic E-state index is 12.2. The molecule has 1 aromatic heterocycles. The van der Waals surface area contributed by atoms with Crippen molar-refractivity contribution in [3.05, 3.63) is 82.7 Å². The van der Waals surface area contributed by atoms with Crippen LogP contribution in [-0.4, -0.2) is 34.4 Å². The zero-order chi connectivity index (χ0) is 21.7. The lowest BCUT2D eigenvalue weighted by Gasteiger charge is -2.11. The van der Waals surface area contributed by atoms with Crippen molar-refractivity contribution in [1.82, 2.24) is 9.99 Å². The molecule has 0 fully saturated rings. The summed E-state index contributed by atoms with van der Waals surface area (Å²) in [5, 5.41) is 13.8. The zero-order valence-corrected chi connectivity index (χ0v) is 17.0. The van der Waals surface area contributed by atoms with Gasteiger partial charge in [-0.3, -0.25) is 4.79 Å². The van der Waals surface area contributed by atoms with Gasteiger partial charge in [0.2, 0.25) is 0 Å². The molecule has 0 aliphatic heterocycles. The van der Waals surface area contributed by atoms with Crippen LogP contribution in [0.1, 0.15) is 44.6 Å². The molecule has 3 aromatic rings. The number of phenolic OH excluding ortho intramolecular Hbond substituents is 1. The molecule has 0 aliphatic rings. The Morgan fingerprint density at radius 2 is 1.90 bits per heavy atom. The molecule has 0 saturated heterocycles. The van der Waals surface area contributed by atoms with Crippen LogP contribution in [0.15, 0.2) is 59.7 Å². The van der Waals surface area contributed by atoms with E-state index in [2.05, 4.69) is 10.5 Å². The van der Waals surface area contributed by atoms with E-state index in [4.69, 9.17) is 4.74 Å². The lowest BCUT2D eigenvalue weighted by molar-refractivity contribution is 0.0526. The number of carbonyl (C=O) groups is 2. The predicted molar refractivity (Wildman–Crippen MR) is 114 cm³/mol. The van der Waals surface area contributed by atoms with Gasteiger partial charge < -0.3 is 14.4 Å². The minimum absolute atomic E-state index is 0.107. The molecule has 7 nitrogen and oxygen atoms in total. The molecule has 1 heterocycles. The van der Waals surface area contributed by atoms with E-state index in [1.165, 1.54) is 12.1 Å². The average Bonchev–Trinajstić information content (AvgIpc) is 3.01. The Bertz CT molecular complexity index is 1120. The number of rotatable bonds is 6. The largest absolute Gasteiger partial charge is 0.507 e. The maximum absolute atomic E-state index is 12.2. The molecular formula is C23H23N3O4. The number of hydrazone groups is 1. The SMILES string of the molecule is CCOC(=O)c1cccc(-n2c(C)cc(C=NNC(=O)c3ccccc3O)c2C)c1. The van der Waals surface area contributed by atoms with Crippen molar-refractivity contribution in [2.24, 2.45) is 5.10 Å². The second kappa shape index (κ2) is 9.09. The Hall–Kier alpha value is -3.87. The van der Waals surface area contributed by atoms with E-state index < -0.39 is 5.91 Å². The molecule has 3 rings (SSSR count). The van der Waals surface area contributed by atoms with Gasteiger partial charge in [0.15, 0.2) is 0 Å². The lowest BCUT2D eigenvalue weighted by Crippen LogP contribution is -2.17. The summed E-state index contributed by atoms with van der Waals surface area (Å²) in [7, 11) is 0. The first-order valence-corrected chi connectivity index (χ1v) is 9.50. The van der Waals surface area contributed by atoms with E-state index in [1.54, 1.807) is 43.5 Å². The average molecular weight is 405 g/mol. The molecule has 7 heteroatoms. The van der Waals surface area contributed by atoms with Crippen molar-refractivity contribution in [2.45, 2.75) is 20.8 Å². The van der Waals surface area contributed by atoms with E-state index in [0.29, 0.717) is 12.2 Å². The summed E-state index contributed by atoms with van der Waals surface area (Å²) in [6, 6.07) is 15.4. The number of esters is 1. The summed E-state index contributed by atoms with van der Waals surface area (Å²) in [5.74, 6) is -0.972. The summed E-state index contributed by atoms with van der Waals surface area (Å²) in [6.45, 7) is 5.96. The molecule has 154 valence electrons. The van der Waals surface area contributed by atoms with Crippen molar-refractivity contribution in [3.63, 3.8) is 0 Å². The smallest absolute Gasteiger partial charge is 0.338 e. The number of phenols is 1. The van der Waals surface area contributed by atoms with Gasteiger partial charge in [-0.05, 0) is 57.2 Å². The fourth-order valence-corrected chi connectivity index (χ4v) is 3.19. The minimum Gasteiger partial charge on any atom is -0.507 e. The normalized spacial score (nSPS) is 10.9. The molecule has 1 amide bonds. The first-order valence-electron chi connectivity index (χ1n) is 9.50. The number of nitrogens with one attached hydrogen (secondary N) is 1. The summed E-state index contributed by atoms with van der Waals surface area (Å²) < 4.78 is 7.07. The summed E-state index contributed by atoms with van der Waals surface area (Å²) >= 11 is 0. The third-order valence-electron chi connectivity index (χ3n) is 4.60. The van der Waals surface area contributed by atoms with Crippen LogP contribution in [-0.2, 0) is 4.74 Å². The Morgan fingerprint density at radius 3 is 2.63 bits per heavy atom. The van der Waals surface area contributed by atoms with E-state index in [-0.39, 0.29) is 17.3 Å². The van der Waals surface area contributed by atoms with Crippen molar-refractivity contribution < 1.29 is 19.4 Å². The van der Waals surface area contributed by atoms with Crippen LogP contribution in [0.3, 0.4) is 0 Å². The highest BCUT2D eigenvalue weighted by atomic mass is 16.5. The Morgan fingerprint density at radius 1 is 1.13 bits per heavy atom. The van der Waals surface area contributed by atoms with Crippen LogP contribution in [0, 0.1) is 13.8 Å². The number of aromatic hydroxyl groups is 1. The van der Waals surface area contributed by atoms with Crippen LogP contribution in [0.4, 0.5) is 0 Å². The van der Waals surface area contributed by atoms with E-state index in [1.807, 2.05) is 30.5 Å². The molecule has 0 saturated carbocycles. The van der Waals surface area contributed by atoms with Gasteiger partial charge in [0, 0.05) is 22.6 Å². The van der Waals surface area contributed by atoms with Gasteiger partial charge >= 0.3 is 5.97 Å². The maximum Gasteiger partial charge on any atom is 0.338 e. The summed E-state index contributed by atoms with van der Waals surface area (Å²) in [6.07, 6.45) is 1.55. The Balaban J connectivity index is 1.82. The van der Waals surface area contributed by atoms with E-state index in [0.717, 1.165) is 22.6 Å². The monoisotopic (exact) mass is 405 g/mol. The third-order valence-corrected chi connectivity index (χ3v) is 4.60.